The SMILES string of the molecule is CCCCCCCCC=CCCCCCCCC(=O)C(O)(CO)C(O)(CCCN(C)C)C(=O)CCCCCCCC=CCCCCCCCC. The topological polar surface area (TPSA) is 98.1 Å². The Balaban J connectivity index is 4.56. The van der Waals surface area contributed by atoms with E-state index in [4.69, 9.17) is 0 Å². The van der Waals surface area contributed by atoms with Crippen LogP contribution in [0.5, 0.6) is 0 Å². The molecule has 0 rings (SSSR count). The van der Waals surface area contributed by atoms with E-state index in [1.165, 1.54) is 89.9 Å². The smallest absolute Gasteiger partial charge is 0.181 e. The van der Waals surface area contributed by atoms with Crippen molar-refractivity contribution >= 4 is 11.6 Å². The Morgan fingerprint density at radius 3 is 1.14 bits per heavy atom. The first-order valence-corrected chi connectivity index (χ1v) is 21.3. The maximum absolute atomic E-state index is 13.5. The molecule has 0 spiro atoms. The van der Waals surface area contributed by atoms with Gasteiger partial charge in [0.2, 0.25) is 0 Å². The van der Waals surface area contributed by atoms with Crippen molar-refractivity contribution in [2.75, 3.05) is 27.2 Å². The highest BCUT2D eigenvalue weighted by atomic mass is 16.4. The zero-order valence-corrected chi connectivity index (χ0v) is 33.5. The molecule has 0 fully saturated rings. The highest BCUT2D eigenvalue weighted by molar-refractivity contribution is 5.99. The summed E-state index contributed by atoms with van der Waals surface area (Å²) >= 11 is 0. The quantitative estimate of drug-likeness (QED) is 0.0437. The minimum absolute atomic E-state index is 0.0475. The first-order chi connectivity index (χ1) is 24.2. The van der Waals surface area contributed by atoms with Crippen LogP contribution in [0.4, 0.5) is 0 Å². The van der Waals surface area contributed by atoms with Gasteiger partial charge in [-0.15, -0.1) is 0 Å². The van der Waals surface area contributed by atoms with E-state index in [0.29, 0.717) is 25.8 Å². The van der Waals surface area contributed by atoms with Crippen molar-refractivity contribution in [3.63, 3.8) is 0 Å². The maximum atomic E-state index is 13.5. The number of carbonyl (C=O) groups is 2. The van der Waals surface area contributed by atoms with Gasteiger partial charge in [0.1, 0.15) is 0 Å². The molecule has 0 radical (unpaired) electrons. The number of hydrogen-bond acceptors (Lipinski definition) is 6. The Hall–Kier alpha value is -1.34. The third-order valence-corrected chi connectivity index (χ3v) is 10.3. The van der Waals surface area contributed by atoms with Gasteiger partial charge in [-0.3, -0.25) is 9.59 Å². The molecule has 6 heteroatoms. The summed E-state index contributed by atoms with van der Waals surface area (Å²) in [6.07, 6.45) is 39.5. The normalized spacial score (nSPS) is 14.6. The molecule has 6 nitrogen and oxygen atoms in total. The first-order valence-electron chi connectivity index (χ1n) is 21.3. The summed E-state index contributed by atoms with van der Waals surface area (Å²) in [4.78, 5) is 28.8. The van der Waals surface area contributed by atoms with Crippen LogP contribution >= 0.6 is 0 Å². The summed E-state index contributed by atoms with van der Waals surface area (Å²) in [5.41, 5.74) is -4.75. The van der Waals surface area contributed by atoms with E-state index in [1.807, 2.05) is 19.0 Å². The van der Waals surface area contributed by atoms with Gasteiger partial charge in [-0.2, -0.15) is 0 Å². The van der Waals surface area contributed by atoms with Crippen molar-refractivity contribution in [2.24, 2.45) is 0 Å². The molecule has 2 unspecified atom stereocenters. The number of ketones is 2. The highest BCUT2D eigenvalue weighted by Gasteiger charge is 2.57. The zero-order valence-electron chi connectivity index (χ0n) is 33.5. The minimum Gasteiger partial charge on any atom is -0.393 e. The van der Waals surface area contributed by atoms with E-state index in [0.717, 1.165) is 64.2 Å². The molecule has 0 aromatic rings. The standard InChI is InChI=1S/C44H83NO5/c1-5-7-9-11-13-15-17-19-21-23-25-27-29-31-33-36-41(47)43(49,38-35-39-45(3)4)44(50,40-46)42(48)37-34-32-30-28-26-24-22-20-18-16-14-12-10-8-6-2/h19-22,46,49-50H,5-18,23-40H2,1-4H3. The lowest BCUT2D eigenvalue weighted by atomic mass is 9.72. The highest BCUT2D eigenvalue weighted by Crippen LogP contribution is 2.33. The number of unbranched alkanes of at least 4 members (excludes halogenated alkanes) is 22. The summed E-state index contributed by atoms with van der Waals surface area (Å²) in [7, 11) is 3.81. The van der Waals surface area contributed by atoms with Crippen molar-refractivity contribution in [3.05, 3.63) is 24.3 Å². The molecular formula is C44H83NO5. The summed E-state index contributed by atoms with van der Waals surface area (Å²) < 4.78 is 0. The van der Waals surface area contributed by atoms with Crippen LogP contribution in [0.15, 0.2) is 24.3 Å². The molecule has 50 heavy (non-hydrogen) atoms. The van der Waals surface area contributed by atoms with Gasteiger partial charge in [0.15, 0.2) is 22.8 Å². The Kier molecular flexibility index (Phi) is 32.6. The molecule has 0 aromatic carbocycles. The summed E-state index contributed by atoms with van der Waals surface area (Å²) in [5, 5.41) is 33.5. The second-order valence-electron chi connectivity index (χ2n) is 15.3. The van der Waals surface area contributed by atoms with Crippen LogP contribution in [0.2, 0.25) is 0 Å². The third-order valence-electron chi connectivity index (χ3n) is 10.3. The lowest BCUT2D eigenvalue weighted by molar-refractivity contribution is -0.193. The first kappa shape index (κ1) is 48.7. The van der Waals surface area contributed by atoms with Crippen LogP contribution in [0.25, 0.3) is 0 Å². The van der Waals surface area contributed by atoms with Crippen LogP contribution in [0.3, 0.4) is 0 Å². The fraction of sp³-hybridized carbons (Fsp3) is 0.864. The van der Waals surface area contributed by atoms with Crippen molar-refractivity contribution in [1.29, 1.82) is 0 Å². The third kappa shape index (κ3) is 24.0. The molecule has 0 aliphatic heterocycles. The van der Waals surface area contributed by atoms with Crippen molar-refractivity contribution in [3.8, 4) is 0 Å². The fourth-order valence-corrected chi connectivity index (χ4v) is 6.80. The Bertz CT molecular complexity index is 855. The van der Waals surface area contributed by atoms with Crippen LogP contribution in [-0.4, -0.2) is 70.2 Å². The second kappa shape index (κ2) is 33.5. The van der Waals surface area contributed by atoms with Gasteiger partial charge in [0, 0.05) is 12.8 Å². The Morgan fingerprint density at radius 1 is 0.480 bits per heavy atom. The van der Waals surface area contributed by atoms with Gasteiger partial charge >= 0.3 is 0 Å². The fourth-order valence-electron chi connectivity index (χ4n) is 6.80. The molecule has 0 saturated carbocycles. The molecule has 2 atom stereocenters. The molecule has 0 heterocycles. The van der Waals surface area contributed by atoms with Gasteiger partial charge in [-0.25, -0.2) is 0 Å². The Labute approximate surface area is 310 Å². The predicted molar refractivity (Wildman–Crippen MR) is 214 cm³/mol. The molecule has 3 N–H and O–H groups in total. The monoisotopic (exact) mass is 706 g/mol. The van der Waals surface area contributed by atoms with Gasteiger partial charge < -0.3 is 20.2 Å². The van der Waals surface area contributed by atoms with Crippen LogP contribution in [-0.2, 0) is 9.59 Å². The molecule has 0 aromatic heterocycles. The lowest BCUT2D eigenvalue weighted by Crippen LogP contribution is -2.65. The molecule has 0 bridgehead atoms. The second-order valence-corrected chi connectivity index (χ2v) is 15.3. The average molecular weight is 706 g/mol. The van der Waals surface area contributed by atoms with Crippen molar-refractivity contribution in [1.82, 2.24) is 4.90 Å². The van der Waals surface area contributed by atoms with Gasteiger partial charge in [-0.1, -0.05) is 141 Å². The van der Waals surface area contributed by atoms with E-state index >= 15 is 0 Å². The number of nitrogens with zero attached hydrogens (tertiary/aromatic N) is 1. The van der Waals surface area contributed by atoms with Gasteiger partial charge in [0.25, 0.3) is 0 Å². The summed E-state index contributed by atoms with van der Waals surface area (Å²) in [5.74, 6) is -1.15. The number of aliphatic hydroxyl groups is 3. The largest absolute Gasteiger partial charge is 0.393 e. The van der Waals surface area contributed by atoms with Crippen LogP contribution in [0.1, 0.15) is 206 Å². The predicted octanol–water partition coefficient (Wildman–Crippen LogP) is 11.0. The van der Waals surface area contributed by atoms with E-state index < -0.39 is 29.4 Å². The van der Waals surface area contributed by atoms with Crippen LogP contribution < -0.4 is 0 Å². The van der Waals surface area contributed by atoms with Gasteiger partial charge in [-0.05, 0) is 97.7 Å². The zero-order chi connectivity index (χ0) is 37.2. The van der Waals surface area contributed by atoms with E-state index in [1.54, 1.807) is 0 Å². The molecule has 0 saturated heterocycles. The molecule has 0 aliphatic carbocycles. The van der Waals surface area contributed by atoms with Crippen LogP contribution in [0, 0.1) is 0 Å². The maximum Gasteiger partial charge on any atom is 0.181 e. The number of hydrogen-bond donors (Lipinski definition) is 3. The van der Waals surface area contributed by atoms with Crippen molar-refractivity contribution < 1.29 is 24.9 Å². The van der Waals surface area contributed by atoms with E-state index in [9.17, 15) is 24.9 Å². The molecular weight excluding hydrogens is 622 g/mol. The number of rotatable bonds is 38. The van der Waals surface area contributed by atoms with Gasteiger partial charge in [0.05, 0.1) is 6.61 Å². The van der Waals surface area contributed by atoms with E-state index in [2.05, 4.69) is 38.2 Å². The number of aliphatic hydroxyl groups excluding tert-OH is 1. The number of Topliss-reactive ketones (excluding diaryl/α,β-unsaturated/α-hetero) is 2. The van der Waals surface area contributed by atoms with E-state index in [-0.39, 0.29) is 19.3 Å². The lowest BCUT2D eigenvalue weighted by Gasteiger charge is -2.40. The molecule has 294 valence electrons. The summed E-state index contributed by atoms with van der Waals surface area (Å²) in [6, 6.07) is 0. The summed E-state index contributed by atoms with van der Waals surface area (Å²) in [6.45, 7) is 4.15. The number of allylic oxidation sites excluding steroid dienone is 4. The Morgan fingerprint density at radius 2 is 0.800 bits per heavy atom. The molecule has 0 amide bonds. The molecule has 0 aliphatic rings. The number of carbonyl (C=O) groups excluding carboxylic acids is 2. The van der Waals surface area contributed by atoms with Crippen molar-refractivity contribution in [2.45, 2.75) is 218 Å². The average Bonchev–Trinajstić information content (AvgIpc) is 3.10. The minimum atomic E-state index is -2.47.